The molecule has 0 amide bonds. The van der Waals surface area contributed by atoms with Gasteiger partial charge in [-0.15, -0.1) is 0 Å². The number of hydrogen-bond donors (Lipinski definition) is 0. The third-order valence-corrected chi connectivity index (χ3v) is 4.50. The van der Waals surface area contributed by atoms with Crippen LogP contribution in [0.15, 0.2) is 51.7 Å². The lowest BCUT2D eigenvalue weighted by molar-refractivity contribution is -0.144. The average Bonchev–Trinajstić information content (AvgIpc) is 2.67. The Hall–Kier alpha value is -3.28. The number of carbonyl (C=O) groups excluding carboxylic acids is 1. The fraction of sp³-hybridized carbons (Fsp3) is 0.238. The summed E-state index contributed by atoms with van der Waals surface area (Å²) in [5.74, 6) is 0.889. The highest BCUT2D eigenvalue weighted by Gasteiger charge is 2.29. The Balaban J connectivity index is 1.63. The van der Waals surface area contributed by atoms with E-state index in [0.717, 1.165) is 16.5 Å². The molecule has 138 valence electrons. The number of hydrogen-bond acceptors (Lipinski definition) is 6. The fourth-order valence-corrected chi connectivity index (χ4v) is 3.07. The number of carbonyl (C=O) groups is 1. The molecule has 0 saturated heterocycles. The van der Waals surface area contributed by atoms with Gasteiger partial charge in [-0.3, -0.25) is 0 Å². The molecule has 1 aromatic heterocycles. The summed E-state index contributed by atoms with van der Waals surface area (Å²) >= 11 is 0. The zero-order valence-electron chi connectivity index (χ0n) is 15.0. The van der Waals surface area contributed by atoms with Gasteiger partial charge in [0, 0.05) is 17.5 Å². The number of para-hydroxylation sites is 2. The van der Waals surface area contributed by atoms with Gasteiger partial charge in [-0.2, -0.15) is 0 Å². The topological polar surface area (TPSA) is 75.0 Å². The van der Waals surface area contributed by atoms with Crippen LogP contribution in [0.2, 0.25) is 0 Å². The second kappa shape index (κ2) is 6.79. The number of esters is 1. The predicted octanol–water partition coefficient (Wildman–Crippen LogP) is 3.41. The molecular formula is C21H18O6. The van der Waals surface area contributed by atoms with E-state index in [0.29, 0.717) is 29.3 Å². The highest BCUT2D eigenvalue weighted by molar-refractivity contribution is 5.85. The molecule has 2 aromatic carbocycles. The van der Waals surface area contributed by atoms with Gasteiger partial charge in [0.25, 0.3) is 0 Å². The Morgan fingerprint density at radius 3 is 2.74 bits per heavy atom. The fourth-order valence-electron chi connectivity index (χ4n) is 3.07. The molecule has 0 aliphatic carbocycles. The van der Waals surface area contributed by atoms with Gasteiger partial charge in [-0.1, -0.05) is 19.1 Å². The van der Waals surface area contributed by atoms with Crippen LogP contribution >= 0.6 is 0 Å². The molecule has 0 spiro atoms. The Morgan fingerprint density at radius 1 is 1.19 bits per heavy atom. The third-order valence-electron chi connectivity index (χ3n) is 4.50. The van der Waals surface area contributed by atoms with Crippen LogP contribution in [0, 0.1) is 6.92 Å². The average molecular weight is 366 g/mol. The third kappa shape index (κ3) is 3.26. The molecule has 1 atom stereocenters. The van der Waals surface area contributed by atoms with Crippen LogP contribution in [-0.4, -0.2) is 18.7 Å². The molecule has 0 bridgehead atoms. The van der Waals surface area contributed by atoms with Crippen molar-refractivity contribution in [2.24, 2.45) is 0 Å². The second-order valence-electron chi connectivity index (χ2n) is 6.34. The van der Waals surface area contributed by atoms with Crippen molar-refractivity contribution in [1.82, 2.24) is 0 Å². The van der Waals surface area contributed by atoms with Crippen LogP contribution in [0.3, 0.4) is 0 Å². The summed E-state index contributed by atoms with van der Waals surface area (Å²) in [6.45, 7) is 3.87. The summed E-state index contributed by atoms with van der Waals surface area (Å²) in [7, 11) is 0. The smallest absolute Gasteiger partial charge is 0.356 e. The Labute approximate surface area is 155 Å². The van der Waals surface area contributed by atoms with Gasteiger partial charge < -0.3 is 18.6 Å². The summed E-state index contributed by atoms with van der Waals surface area (Å²) in [5, 5.41) is 0.817. The van der Waals surface area contributed by atoms with Crippen LogP contribution < -0.4 is 19.8 Å². The first-order valence-corrected chi connectivity index (χ1v) is 8.72. The van der Waals surface area contributed by atoms with Crippen molar-refractivity contribution >= 4 is 16.9 Å². The first kappa shape index (κ1) is 17.1. The number of rotatable bonds is 3. The predicted molar refractivity (Wildman–Crippen MR) is 98.6 cm³/mol. The molecule has 0 unspecified atom stereocenters. The van der Waals surface area contributed by atoms with Crippen molar-refractivity contribution in [2.45, 2.75) is 26.4 Å². The molecule has 3 aromatic rings. The Morgan fingerprint density at radius 2 is 1.96 bits per heavy atom. The molecule has 6 heteroatoms. The van der Waals surface area contributed by atoms with Gasteiger partial charge in [-0.05, 0) is 42.7 Å². The van der Waals surface area contributed by atoms with E-state index in [9.17, 15) is 9.59 Å². The van der Waals surface area contributed by atoms with E-state index in [1.54, 1.807) is 24.3 Å². The maximum atomic E-state index is 12.6. The van der Waals surface area contributed by atoms with Gasteiger partial charge in [0.15, 0.2) is 11.5 Å². The first-order valence-electron chi connectivity index (χ1n) is 8.72. The van der Waals surface area contributed by atoms with Crippen LogP contribution in [0.5, 0.6) is 17.2 Å². The largest absolute Gasteiger partial charge is 0.485 e. The minimum Gasteiger partial charge on any atom is -0.485 e. The lowest BCUT2D eigenvalue weighted by atomic mass is 10.1. The highest BCUT2D eigenvalue weighted by atomic mass is 16.6. The number of ether oxygens (including phenoxy) is 3. The summed E-state index contributed by atoms with van der Waals surface area (Å²) in [4.78, 5) is 24.2. The molecule has 2 heterocycles. The minimum absolute atomic E-state index is 0.0685. The van der Waals surface area contributed by atoms with Crippen LogP contribution in [0.4, 0.5) is 0 Å². The van der Waals surface area contributed by atoms with Crippen LogP contribution in [0.1, 0.15) is 18.1 Å². The molecule has 4 rings (SSSR count). The van der Waals surface area contributed by atoms with E-state index in [1.165, 1.54) is 6.07 Å². The second-order valence-corrected chi connectivity index (χ2v) is 6.34. The van der Waals surface area contributed by atoms with Crippen molar-refractivity contribution < 1.29 is 23.4 Å². The molecule has 27 heavy (non-hydrogen) atoms. The Kier molecular flexibility index (Phi) is 4.32. The van der Waals surface area contributed by atoms with Gasteiger partial charge >= 0.3 is 11.6 Å². The van der Waals surface area contributed by atoms with Gasteiger partial charge in [0.1, 0.15) is 17.9 Å². The first-order chi connectivity index (χ1) is 13.0. The number of fused-ring (bicyclic) bond motifs is 2. The lowest BCUT2D eigenvalue weighted by Gasteiger charge is -2.25. The molecule has 0 fully saturated rings. The quantitative estimate of drug-likeness (QED) is 0.402. The van der Waals surface area contributed by atoms with Crippen LogP contribution in [0.25, 0.3) is 11.0 Å². The molecule has 1 aliphatic rings. The van der Waals surface area contributed by atoms with Crippen molar-refractivity contribution in [3.05, 3.63) is 64.0 Å². The molecular weight excluding hydrogens is 348 g/mol. The van der Waals surface area contributed by atoms with E-state index < -0.39 is 17.7 Å². The van der Waals surface area contributed by atoms with Gasteiger partial charge in [0.2, 0.25) is 6.10 Å². The molecule has 1 aliphatic heterocycles. The van der Waals surface area contributed by atoms with E-state index in [1.807, 2.05) is 26.0 Å². The van der Waals surface area contributed by atoms with Crippen molar-refractivity contribution in [1.29, 1.82) is 0 Å². The zero-order chi connectivity index (χ0) is 19.0. The van der Waals surface area contributed by atoms with Crippen LogP contribution in [-0.2, 0) is 11.2 Å². The maximum Gasteiger partial charge on any atom is 0.356 e. The molecule has 0 radical (unpaired) electrons. The number of aryl methyl sites for hydroxylation is 2. The Bertz CT molecular complexity index is 1080. The summed E-state index contributed by atoms with van der Waals surface area (Å²) < 4.78 is 22.1. The number of benzene rings is 2. The highest BCUT2D eigenvalue weighted by Crippen LogP contribution is 2.32. The van der Waals surface area contributed by atoms with E-state index in [2.05, 4.69) is 0 Å². The van der Waals surface area contributed by atoms with E-state index >= 15 is 0 Å². The van der Waals surface area contributed by atoms with Crippen molar-refractivity contribution in [3.8, 4) is 17.2 Å². The zero-order valence-corrected chi connectivity index (χ0v) is 15.0. The van der Waals surface area contributed by atoms with Gasteiger partial charge in [-0.25, -0.2) is 9.59 Å². The monoisotopic (exact) mass is 366 g/mol. The van der Waals surface area contributed by atoms with Gasteiger partial charge in [0.05, 0.1) is 0 Å². The summed E-state index contributed by atoms with van der Waals surface area (Å²) in [5.41, 5.74) is 1.59. The van der Waals surface area contributed by atoms with Crippen molar-refractivity contribution in [3.63, 3.8) is 0 Å². The standard InChI is InChI=1S/C21H18O6/c1-3-13-9-14-12(2)8-20(22)26-18(14)10-17(13)27-21(23)19-11-24-15-6-4-5-7-16(15)25-19/h4-10,19H,3,11H2,1-2H3/t19-/m1/s1. The molecule has 6 nitrogen and oxygen atoms in total. The normalized spacial score (nSPS) is 15.6. The van der Waals surface area contributed by atoms with Crippen molar-refractivity contribution in [2.75, 3.05) is 6.61 Å². The summed E-state index contributed by atoms with van der Waals surface area (Å²) in [6.07, 6.45) is -0.216. The molecule has 0 N–H and O–H groups in total. The SMILES string of the molecule is CCc1cc2c(C)cc(=O)oc2cc1OC(=O)[C@H]1COc2ccccc2O1. The van der Waals surface area contributed by atoms with E-state index in [-0.39, 0.29) is 6.61 Å². The lowest BCUT2D eigenvalue weighted by Crippen LogP contribution is -2.39. The van der Waals surface area contributed by atoms with E-state index in [4.69, 9.17) is 18.6 Å². The minimum atomic E-state index is -0.871. The maximum absolute atomic E-state index is 12.6. The molecule has 0 saturated carbocycles. The summed E-state index contributed by atoms with van der Waals surface area (Å²) in [6, 6.07) is 12.1.